The van der Waals surface area contributed by atoms with Crippen LogP contribution in [0.25, 0.3) is 0 Å². The Balaban J connectivity index is 1.99. The maximum Gasteiger partial charge on any atom is 0.220 e. The number of benzene rings is 1. The average molecular weight is 392 g/mol. The molecule has 0 aliphatic rings. The second kappa shape index (κ2) is 15.7. The molecular weight excluding hydrogens is 354 g/mol. The summed E-state index contributed by atoms with van der Waals surface area (Å²) < 4.78 is 0. The molecule has 1 atom stereocenters. The van der Waals surface area contributed by atoms with E-state index in [1.54, 1.807) is 6.92 Å². The molecule has 3 nitrogen and oxygen atoms in total. The van der Waals surface area contributed by atoms with Crippen molar-refractivity contribution >= 4 is 22.8 Å². The van der Waals surface area contributed by atoms with Crippen molar-refractivity contribution in [3.05, 3.63) is 30.3 Å². The second-order valence-corrected chi connectivity index (χ2v) is 8.39. The van der Waals surface area contributed by atoms with E-state index >= 15 is 0 Å². The zero-order valence-corrected chi connectivity index (χ0v) is 18.0. The van der Waals surface area contributed by atoms with Gasteiger partial charge < -0.3 is 5.32 Å². The van der Waals surface area contributed by atoms with Gasteiger partial charge in [-0.2, -0.15) is 0 Å². The lowest BCUT2D eigenvalue weighted by atomic mass is 10.1. The minimum absolute atomic E-state index is 0.0135. The minimum Gasteiger partial charge on any atom is -0.346 e. The first-order chi connectivity index (χ1) is 13.1. The second-order valence-electron chi connectivity index (χ2n) is 7.31. The number of unbranched alkanes of at least 4 members (excludes halogenated alkanes) is 10. The van der Waals surface area contributed by atoms with E-state index in [1.807, 2.05) is 30.3 Å². The van der Waals surface area contributed by atoms with Crippen LogP contribution in [0.2, 0.25) is 0 Å². The molecule has 0 unspecified atom stereocenters. The van der Waals surface area contributed by atoms with Gasteiger partial charge in [-0.05, 0) is 37.2 Å². The fraction of sp³-hybridized carbons (Fsp3) is 0.652. The van der Waals surface area contributed by atoms with E-state index in [-0.39, 0.29) is 11.0 Å². The molecule has 0 fully saturated rings. The van der Waals surface area contributed by atoms with Gasteiger partial charge in [0.2, 0.25) is 11.0 Å². The minimum atomic E-state index is -0.449. The van der Waals surface area contributed by atoms with Crippen molar-refractivity contribution < 1.29 is 9.59 Å². The van der Waals surface area contributed by atoms with E-state index in [4.69, 9.17) is 0 Å². The molecule has 27 heavy (non-hydrogen) atoms. The summed E-state index contributed by atoms with van der Waals surface area (Å²) in [5.74, 6) is -0.0135. The summed E-state index contributed by atoms with van der Waals surface area (Å²) in [6.45, 7) is 4.01. The highest BCUT2D eigenvalue weighted by Gasteiger charge is 2.16. The summed E-state index contributed by atoms with van der Waals surface area (Å²) in [4.78, 5) is 25.1. The molecule has 1 aromatic carbocycles. The molecule has 1 N–H and O–H groups in total. The molecule has 152 valence electrons. The molecule has 0 aliphatic carbocycles. The van der Waals surface area contributed by atoms with Gasteiger partial charge in [0.05, 0.1) is 6.04 Å². The van der Waals surface area contributed by atoms with Crippen molar-refractivity contribution in [1.29, 1.82) is 0 Å². The van der Waals surface area contributed by atoms with Crippen LogP contribution in [0.15, 0.2) is 35.2 Å². The van der Waals surface area contributed by atoms with Crippen LogP contribution in [-0.4, -0.2) is 17.1 Å². The lowest BCUT2D eigenvalue weighted by molar-refractivity contribution is -0.124. The standard InChI is InChI=1S/C23H37NO2S/c1-3-4-5-6-7-8-9-10-11-12-16-19-22(25)24-20(2)23(26)27-21-17-14-13-15-18-21/h13-15,17-18,20H,3-12,16,19H2,1-2H3,(H,24,25)/t20-/m0/s1. The molecule has 1 aromatic rings. The third-order valence-corrected chi connectivity index (χ3v) is 5.76. The zero-order valence-electron chi connectivity index (χ0n) is 17.2. The lowest BCUT2D eigenvalue weighted by Gasteiger charge is -2.12. The quantitative estimate of drug-likeness (QED) is 0.274. The highest BCUT2D eigenvalue weighted by molar-refractivity contribution is 8.13. The maximum absolute atomic E-state index is 12.2. The highest BCUT2D eigenvalue weighted by atomic mass is 32.2. The van der Waals surface area contributed by atoms with Gasteiger partial charge in [-0.25, -0.2) is 0 Å². The van der Waals surface area contributed by atoms with Gasteiger partial charge in [0.1, 0.15) is 0 Å². The molecule has 0 heterocycles. The molecule has 1 rings (SSSR count). The Kier molecular flexibility index (Phi) is 13.8. The smallest absolute Gasteiger partial charge is 0.220 e. The molecule has 0 bridgehead atoms. The first-order valence-corrected chi connectivity index (χ1v) is 11.5. The molecule has 0 aliphatic heterocycles. The van der Waals surface area contributed by atoms with Gasteiger partial charge in [-0.15, -0.1) is 0 Å². The maximum atomic E-state index is 12.2. The number of amides is 1. The van der Waals surface area contributed by atoms with Gasteiger partial charge in [0.15, 0.2) is 0 Å². The molecule has 0 radical (unpaired) electrons. The third-order valence-electron chi connectivity index (χ3n) is 4.70. The Bertz CT molecular complexity index is 518. The topological polar surface area (TPSA) is 46.2 Å². The van der Waals surface area contributed by atoms with E-state index in [0.717, 1.165) is 17.7 Å². The summed E-state index contributed by atoms with van der Waals surface area (Å²) >= 11 is 1.19. The Morgan fingerprint density at radius 2 is 1.37 bits per heavy atom. The predicted molar refractivity (Wildman–Crippen MR) is 116 cm³/mol. The van der Waals surface area contributed by atoms with Gasteiger partial charge in [-0.1, -0.05) is 89.3 Å². The third kappa shape index (κ3) is 12.7. The molecule has 0 aromatic heterocycles. The fourth-order valence-electron chi connectivity index (χ4n) is 3.02. The van der Waals surface area contributed by atoms with E-state index < -0.39 is 6.04 Å². The first kappa shape index (κ1) is 23.7. The normalized spacial score (nSPS) is 11.9. The van der Waals surface area contributed by atoms with Gasteiger partial charge in [0.25, 0.3) is 0 Å². The van der Waals surface area contributed by atoms with Crippen molar-refractivity contribution in [3.8, 4) is 0 Å². The SMILES string of the molecule is CCCCCCCCCCCCCC(=O)N[C@@H](C)C(=O)Sc1ccccc1. The molecule has 4 heteroatoms. The van der Waals surface area contributed by atoms with E-state index in [2.05, 4.69) is 12.2 Å². The van der Waals surface area contributed by atoms with Crippen LogP contribution >= 0.6 is 11.8 Å². The lowest BCUT2D eigenvalue weighted by Crippen LogP contribution is -2.37. The number of hydrogen-bond donors (Lipinski definition) is 1. The summed E-state index contributed by atoms with van der Waals surface area (Å²) in [5, 5.41) is 2.81. The predicted octanol–water partition coefficient (Wildman–Crippen LogP) is 6.51. The van der Waals surface area contributed by atoms with Crippen molar-refractivity contribution in [1.82, 2.24) is 5.32 Å². The number of thioether (sulfide) groups is 1. The first-order valence-electron chi connectivity index (χ1n) is 10.7. The summed E-state index contributed by atoms with van der Waals surface area (Å²) in [7, 11) is 0. The Hall–Kier alpha value is -1.29. The van der Waals surface area contributed by atoms with Crippen LogP contribution < -0.4 is 5.32 Å². The van der Waals surface area contributed by atoms with E-state index in [1.165, 1.54) is 69.5 Å². The van der Waals surface area contributed by atoms with Crippen LogP contribution in [0, 0.1) is 0 Å². The molecule has 0 saturated carbocycles. The van der Waals surface area contributed by atoms with Gasteiger partial charge in [-0.3, -0.25) is 9.59 Å². The van der Waals surface area contributed by atoms with Crippen molar-refractivity contribution in [3.63, 3.8) is 0 Å². The Labute approximate surface area is 170 Å². The van der Waals surface area contributed by atoms with Crippen LogP contribution in [0.4, 0.5) is 0 Å². The highest BCUT2D eigenvalue weighted by Crippen LogP contribution is 2.19. The number of carbonyl (C=O) groups excluding carboxylic acids is 2. The largest absolute Gasteiger partial charge is 0.346 e. The number of hydrogen-bond acceptors (Lipinski definition) is 3. The fourth-order valence-corrected chi connectivity index (χ4v) is 3.78. The number of carbonyl (C=O) groups is 2. The van der Waals surface area contributed by atoms with Gasteiger partial charge >= 0.3 is 0 Å². The molecule has 0 saturated heterocycles. The van der Waals surface area contributed by atoms with Crippen molar-refractivity contribution in [2.24, 2.45) is 0 Å². The van der Waals surface area contributed by atoms with Crippen LogP contribution in [0.5, 0.6) is 0 Å². The van der Waals surface area contributed by atoms with Crippen LogP contribution in [0.3, 0.4) is 0 Å². The van der Waals surface area contributed by atoms with Crippen molar-refractivity contribution in [2.45, 2.75) is 102 Å². The van der Waals surface area contributed by atoms with E-state index in [9.17, 15) is 9.59 Å². The molecule has 1 amide bonds. The summed E-state index contributed by atoms with van der Waals surface area (Å²) in [6, 6.07) is 9.10. The molecular formula is C23H37NO2S. The Morgan fingerprint density at radius 3 is 1.93 bits per heavy atom. The number of rotatable bonds is 15. The zero-order chi connectivity index (χ0) is 19.7. The summed E-state index contributed by atoms with van der Waals surface area (Å²) in [5.41, 5.74) is 0. The van der Waals surface area contributed by atoms with Crippen LogP contribution in [-0.2, 0) is 9.59 Å². The monoisotopic (exact) mass is 391 g/mol. The molecule has 0 spiro atoms. The number of nitrogens with one attached hydrogen (secondary N) is 1. The van der Waals surface area contributed by atoms with E-state index in [0.29, 0.717) is 6.42 Å². The van der Waals surface area contributed by atoms with Gasteiger partial charge in [0, 0.05) is 11.3 Å². The average Bonchev–Trinajstić information content (AvgIpc) is 2.66. The van der Waals surface area contributed by atoms with Crippen LogP contribution in [0.1, 0.15) is 90.9 Å². The summed E-state index contributed by atoms with van der Waals surface area (Å²) in [6.07, 6.45) is 14.5. The Morgan fingerprint density at radius 1 is 0.852 bits per heavy atom. The van der Waals surface area contributed by atoms with Crippen molar-refractivity contribution in [2.75, 3.05) is 0 Å².